The average Bonchev–Trinajstić information content (AvgIpc) is 2.64. The third-order valence-corrected chi connectivity index (χ3v) is 5.07. The molecule has 0 unspecified atom stereocenters. The first-order chi connectivity index (χ1) is 12.5. The predicted molar refractivity (Wildman–Crippen MR) is 113 cm³/mol. The summed E-state index contributed by atoms with van der Waals surface area (Å²) in [7, 11) is 0. The summed E-state index contributed by atoms with van der Waals surface area (Å²) in [6.07, 6.45) is 0. The minimum absolute atomic E-state index is 0.0659. The molecule has 0 radical (unpaired) electrons. The van der Waals surface area contributed by atoms with E-state index in [0.29, 0.717) is 5.75 Å². The van der Waals surface area contributed by atoms with Gasteiger partial charge in [0.1, 0.15) is 5.75 Å². The number of ether oxygens (including phenoxy) is 1. The molecule has 0 saturated carbocycles. The van der Waals surface area contributed by atoms with E-state index in [-0.39, 0.29) is 12.5 Å². The van der Waals surface area contributed by atoms with Crippen molar-refractivity contribution in [1.82, 2.24) is 0 Å². The minimum Gasteiger partial charge on any atom is -0.483 e. The third-order valence-electron chi connectivity index (χ3n) is 3.80. The minimum atomic E-state index is -0.214. The standard InChI is InChI=1S/C21H17Br2NO2/c1-14-7-9-19(17(22)11-14)24-21(25)13-26-20-10-8-16(12-18(20)23)15-5-3-2-4-6-15/h2-12H,13H2,1H3,(H,24,25). The predicted octanol–water partition coefficient (Wildman–Crippen LogP) is 6.20. The quantitative estimate of drug-likeness (QED) is 0.477. The molecule has 0 aliphatic heterocycles. The lowest BCUT2D eigenvalue weighted by atomic mass is 10.1. The van der Waals surface area contributed by atoms with Gasteiger partial charge in [0.2, 0.25) is 0 Å². The van der Waals surface area contributed by atoms with E-state index < -0.39 is 0 Å². The summed E-state index contributed by atoms with van der Waals surface area (Å²) >= 11 is 6.97. The zero-order valence-corrected chi connectivity index (χ0v) is 17.3. The second-order valence-electron chi connectivity index (χ2n) is 5.83. The van der Waals surface area contributed by atoms with E-state index in [4.69, 9.17) is 4.74 Å². The van der Waals surface area contributed by atoms with Crippen LogP contribution in [0.4, 0.5) is 5.69 Å². The van der Waals surface area contributed by atoms with Crippen molar-refractivity contribution in [3.05, 3.63) is 81.2 Å². The maximum Gasteiger partial charge on any atom is 0.262 e. The fraction of sp³-hybridized carbons (Fsp3) is 0.0952. The SMILES string of the molecule is Cc1ccc(NC(=O)COc2ccc(-c3ccccc3)cc2Br)c(Br)c1. The summed E-state index contributed by atoms with van der Waals surface area (Å²) in [5.41, 5.74) is 4.05. The van der Waals surface area contributed by atoms with Crippen molar-refractivity contribution >= 4 is 43.5 Å². The molecule has 0 spiro atoms. The molecule has 0 saturated heterocycles. The Hall–Kier alpha value is -2.11. The van der Waals surface area contributed by atoms with Crippen LogP contribution in [-0.4, -0.2) is 12.5 Å². The van der Waals surface area contributed by atoms with E-state index in [1.165, 1.54) is 0 Å². The Morgan fingerprint density at radius 1 is 0.923 bits per heavy atom. The first-order valence-electron chi connectivity index (χ1n) is 8.07. The van der Waals surface area contributed by atoms with Crippen molar-refractivity contribution < 1.29 is 9.53 Å². The van der Waals surface area contributed by atoms with Crippen LogP contribution in [0.3, 0.4) is 0 Å². The van der Waals surface area contributed by atoms with Crippen LogP contribution in [0.2, 0.25) is 0 Å². The molecule has 26 heavy (non-hydrogen) atoms. The number of halogens is 2. The molecule has 0 atom stereocenters. The van der Waals surface area contributed by atoms with Crippen LogP contribution >= 0.6 is 31.9 Å². The highest BCUT2D eigenvalue weighted by molar-refractivity contribution is 9.11. The molecule has 5 heteroatoms. The van der Waals surface area contributed by atoms with E-state index in [1.54, 1.807) is 0 Å². The highest BCUT2D eigenvalue weighted by Crippen LogP contribution is 2.31. The fourth-order valence-electron chi connectivity index (χ4n) is 2.48. The van der Waals surface area contributed by atoms with Crippen LogP contribution in [0.25, 0.3) is 11.1 Å². The Morgan fingerprint density at radius 3 is 2.38 bits per heavy atom. The summed E-state index contributed by atoms with van der Waals surface area (Å²) in [5.74, 6) is 0.413. The maximum atomic E-state index is 12.2. The lowest BCUT2D eigenvalue weighted by molar-refractivity contribution is -0.118. The lowest BCUT2D eigenvalue weighted by Crippen LogP contribution is -2.20. The highest BCUT2D eigenvalue weighted by atomic mass is 79.9. The number of anilines is 1. The van der Waals surface area contributed by atoms with Crippen LogP contribution in [0.1, 0.15) is 5.56 Å². The molecule has 1 amide bonds. The van der Waals surface area contributed by atoms with Crippen LogP contribution in [0.15, 0.2) is 75.7 Å². The van der Waals surface area contributed by atoms with E-state index >= 15 is 0 Å². The zero-order chi connectivity index (χ0) is 18.5. The monoisotopic (exact) mass is 473 g/mol. The fourth-order valence-corrected chi connectivity index (χ4v) is 3.56. The van der Waals surface area contributed by atoms with Crippen LogP contribution in [0.5, 0.6) is 5.75 Å². The normalized spacial score (nSPS) is 10.4. The topological polar surface area (TPSA) is 38.3 Å². The van der Waals surface area contributed by atoms with Crippen molar-refractivity contribution in [1.29, 1.82) is 0 Å². The first-order valence-corrected chi connectivity index (χ1v) is 9.65. The number of nitrogens with one attached hydrogen (secondary N) is 1. The Morgan fingerprint density at radius 2 is 1.69 bits per heavy atom. The molecule has 0 aliphatic carbocycles. The summed E-state index contributed by atoms with van der Waals surface area (Å²) in [5, 5.41) is 2.84. The van der Waals surface area contributed by atoms with Gasteiger partial charge in [0.15, 0.2) is 6.61 Å². The molecule has 0 fully saturated rings. The van der Waals surface area contributed by atoms with Gasteiger partial charge in [-0.25, -0.2) is 0 Å². The number of hydrogen-bond acceptors (Lipinski definition) is 2. The highest BCUT2D eigenvalue weighted by Gasteiger charge is 2.09. The molecular weight excluding hydrogens is 458 g/mol. The maximum absolute atomic E-state index is 12.2. The van der Waals surface area contributed by atoms with Crippen LogP contribution in [-0.2, 0) is 4.79 Å². The number of rotatable bonds is 5. The van der Waals surface area contributed by atoms with Gasteiger partial charge in [-0.3, -0.25) is 4.79 Å². The van der Waals surface area contributed by atoms with Crippen molar-refractivity contribution in [2.45, 2.75) is 6.92 Å². The molecule has 0 aromatic heterocycles. The summed E-state index contributed by atoms with van der Waals surface area (Å²) < 4.78 is 7.31. The van der Waals surface area contributed by atoms with Gasteiger partial charge >= 0.3 is 0 Å². The number of aryl methyl sites for hydroxylation is 1. The molecule has 3 rings (SSSR count). The van der Waals surface area contributed by atoms with Gasteiger partial charge in [-0.2, -0.15) is 0 Å². The van der Waals surface area contributed by atoms with Gasteiger partial charge < -0.3 is 10.1 Å². The number of carbonyl (C=O) groups excluding carboxylic acids is 1. The molecule has 3 aromatic rings. The molecule has 3 aromatic carbocycles. The second-order valence-corrected chi connectivity index (χ2v) is 7.54. The Kier molecular flexibility index (Phi) is 6.12. The van der Waals surface area contributed by atoms with Crippen molar-refractivity contribution in [3.8, 4) is 16.9 Å². The Balaban J connectivity index is 1.63. The van der Waals surface area contributed by atoms with E-state index in [2.05, 4.69) is 49.3 Å². The van der Waals surface area contributed by atoms with Crippen molar-refractivity contribution in [2.75, 3.05) is 11.9 Å². The first kappa shape index (κ1) is 18.7. The molecule has 0 bridgehead atoms. The van der Waals surface area contributed by atoms with Crippen molar-refractivity contribution in [3.63, 3.8) is 0 Å². The number of hydrogen-bond donors (Lipinski definition) is 1. The van der Waals surface area contributed by atoms with E-state index in [1.807, 2.05) is 61.5 Å². The van der Waals surface area contributed by atoms with Gasteiger partial charge in [0.05, 0.1) is 10.2 Å². The second kappa shape index (κ2) is 8.52. The number of carbonyl (C=O) groups is 1. The average molecular weight is 475 g/mol. The largest absolute Gasteiger partial charge is 0.483 e. The molecule has 132 valence electrons. The van der Waals surface area contributed by atoms with Crippen molar-refractivity contribution in [2.24, 2.45) is 0 Å². The molecule has 1 N–H and O–H groups in total. The molecular formula is C21H17Br2NO2. The Labute approximate surface area is 169 Å². The van der Waals surface area contributed by atoms with Gasteiger partial charge in [-0.15, -0.1) is 0 Å². The van der Waals surface area contributed by atoms with E-state index in [9.17, 15) is 4.79 Å². The summed E-state index contributed by atoms with van der Waals surface area (Å²) in [6.45, 7) is 1.93. The van der Waals surface area contributed by atoms with Gasteiger partial charge in [-0.1, -0.05) is 42.5 Å². The molecule has 3 nitrogen and oxygen atoms in total. The van der Waals surface area contributed by atoms with Crippen LogP contribution < -0.4 is 10.1 Å². The van der Waals surface area contributed by atoms with Gasteiger partial charge in [0, 0.05) is 4.47 Å². The molecule has 0 aliphatic rings. The Bertz CT molecular complexity index is 927. The third kappa shape index (κ3) is 4.74. The molecule has 0 heterocycles. The van der Waals surface area contributed by atoms with Crippen LogP contribution in [0, 0.1) is 6.92 Å². The van der Waals surface area contributed by atoms with Gasteiger partial charge in [-0.05, 0) is 79.7 Å². The number of benzene rings is 3. The smallest absolute Gasteiger partial charge is 0.262 e. The summed E-state index contributed by atoms with van der Waals surface area (Å²) in [4.78, 5) is 12.2. The zero-order valence-electron chi connectivity index (χ0n) is 14.1. The number of amides is 1. The summed E-state index contributed by atoms with van der Waals surface area (Å²) in [6, 6.07) is 21.7. The lowest BCUT2D eigenvalue weighted by Gasteiger charge is -2.11. The van der Waals surface area contributed by atoms with E-state index in [0.717, 1.165) is 31.3 Å². The van der Waals surface area contributed by atoms with Gasteiger partial charge in [0.25, 0.3) is 5.91 Å².